The van der Waals surface area contributed by atoms with E-state index < -0.39 is 29.9 Å². The van der Waals surface area contributed by atoms with Crippen LogP contribution in [0.1, 0.15) is 28.9 Å². The molecule has 0 fully saturated rings. The van der Waals surface area contributed by atoms with Crippen molar-refractivity contribution in [1.82, 2.24) is 0 Å². The lowest BCUT2D eigenvalue weighted by Gasteiger charge is -2.35. The Morgan fingerprint density at radius 2 is 1.38 bits per heavy atom. The number of hydrogen-bond acceptors (Lipinski definition) is 11. The molecule has 2 atom stereocenters. The van der Waals surface area contributed by atoms with Crippen molar-refractivity contribution in [3.63, 3.8) is 0 Å². The van der Waals surface area contributed by atoms with Gasteiger partial charge in [0.2, 0.25) is 23.4 Å². The van der Waals surface area contributed by atoms with Crippen molar-refractivity contribution in [2.75, 3.05) is 35.0 Å². The maximum absolute atomic E-state index is 13.6. The van der Waals surface area contributed by atoms with Gasteiger partial charge in [0.05, 0.1) is 35.0 Å². The van der Waals surface area contributed by atoms with Gasteiger partial charge in [-0.2, -0.15) is 0 Å². The summed E-state index contributed by atoms with van der Waals surface area (Å²) in [4.78, 5) is 38.4. The Kier molecular flexibility index (Phi) is 6.10. The number of rotatable bonds is 7. The molecule has 2 heterocycles. The number of benzene rings is 2. The summed E-state index contributed by atoms with van der Waals surface area (Å²) in [6, 6.07) is 4.56. The summed E-state index contributed by atoms with van der Waals surface area (Å²) in [6.07, 6.45) is -2.66. The summed E-state index contributed by atoms with van der Waals surface area (Å²) in [5.74, 6) is -2.49. The first-order valence-corrected chi connectivity index (χ1v) is 10.2. The molecule has 0 radical (unpaired) electrons. The van der Waals surface area contributed by atoms with Crippen molar-refractivity contribution in [3.8, 4) is 40.2 Å². The lowest BCUT2D eigenvalue weighted by Crippen LogP contribution is -2.44. The highest BCUT2D eigenvalue weighted by atomic mass is 16.6. The Labute approximate surface area is 194 Å². The minimum Gasteiger partial charge on any atom is -0.493 e. The SMILES string of the molecule is CCOc1c(OC)cc2c3c1OC(=O)C(=O)OC(C3=O)C(c1cc(OC)c(OC)c(OC)c1)O2. The molecular formula is C23H22O11. The van der Waals surface area contributed by atoms with Crippen LogP contribution in [0.2, 0.25) is 0 Å². The van der Waals surface area contributed by atoms with Gasteiger partial charge in [0.15, 0.2) is 29.1 Å². The Morgan fingerprint density at radius 3 is 1.94 bits per heavy atom. The van der Waals surface area contributed by atoms with Crippen LogP contribution in [-0.4, -0.2) is 58.9 Å². The number of Topliss-reactive ketones (excluding diaryl/α,β-unsaturated/α-hetero) is 1. The fourth-order valence-corrected chi connectivity index (χ4v) is 3.85. The molecule has 34 heavy (non-hydrogen) atoms. The van der Waals surface area contributed by atoms with E-state index in [4.69, 9.17) is 37.9 Å². The fourth-order valence-electron chi connectivity index (χ4n) is 3.85. The molecule has 11 nitrogen and oxygen atoms in total. The molecule has 2 aromatic carbocycles. The summed E-state index contributed by atoms with van der Waals surface area (Å²) in [6.45, 7) is 1.88. The molecule has 2 aliphatic rings. The summed E-state index contributed by atoms with van der Waals surface area (Å²) >= 11 is 0. The lowest BCUT2D eigenvalue weighted by atomic mass is 9.91. The smallest absolute Gasteiger partial charge is 0.423 e. The zero-order valence-corrected chi connectivity index (χ0v) is 19.1. The van der Waals surface area contributed by atoms with Crippen molar-refractivity contribution < 1.29 is 52.3 Å². The highest BCUT2D eigenvalue weighted by Crippen LogP contribution is 2.51. The van der Waals surface area contributed by atoms with Crippen LogP contribution >= 0.6 is 0 Å². The van der Waals surface area contributed by atoms with Crippen LogP contribution in [0.25, 0.3) is 0 Å². The Morgan fingerprint density at radius 1 is 0.765 bits per heavy atom. The van der Waals surface area contributed by atoms with Crippen molar-refractivity contribution in [1.29, 1.82) is 0 Å². The van der Waals surface area contributed by atoms with Crippen molar-refractivity contribution in [2.24, 2.45) is 0 Å². The molecular weight excluding hydrogens is 452 g/mol. The summed E-state index contributed by atoms with van der Waals surface area (Å²) in [7, 11) is 5.69. The van der Waals surface area contributed by atoms with Crippen LogP contribution in [0.4, 0.5) is 0 Å². The third kappa shape index (κ3) is 3.58. The zero-order valence-electron chi connectivity index (χ0n) is 19.1. The summed E-state index contributed by atoms with van der Waals surface area (Å²) in [5, 5.41) is 0. The Bertz CT molecular complexity index is 1140. The van der Waals surface area contributed by atoms with E-state index in [1.54, 1.807) is 19.1 Å². The molecule has 0 saturated heterocycles. The maximum atomic E-state index is 13.6. The summed E-state index contributed by atoms with van der Waals surface area (Å²) in [5.41, 5.74) is 0.272. The molecule has 0 N–H and O–H groups in total. The van der Waals surface area contributed by atoms with E-state index in [2.05, 4.69) is 0 Å². The largest absolute Gasteiger partial charge is 0.493 e. The first-order valence-electron chi connectivity index (χ1n) is 10.2. The monoisotopic (exact) mass is 474 g/mol. The predicted octanol–water partition coefficient (Wildman–Crippen LogP) is 2.27. The summed E-state index contributed by atoms with van der Waals surface area (Å²) < 4.78 is 43.5. The third-order valence-corrected chi connectivity index (χ3v) is 5.32. The molecule has 180 valence electrons. The molecule has 0 spiro atoms. The highest BCUT2D eigenvalue weighted by molar-refractivity contribution is 6.31. The second-order valence-corrected chi connectivity index (χ2v) is 7.12. The molecule has 4 rings (SSSR count). The van der Waals surface area contributed by atoms with Gasteiger partial charge in [0.25, 0.3) is 0 Å². The average molecular weight is 474 g/mol. The third-order valence-electron chi connectivity index (χ3n) is 5.32. The van der Waals surface area contributed by atoms with Gasteiger partial charge in [-0.25, -0.2) is 9.59 Å². The minimum absolute atomic E-state index is 0.00580. The molecule has 0 amide bonds. The van der Waals surface area contributed by atoms with Gasteiger partial charge in [-0.1, -0.05) is 0 Å². The molecule has 2 unspecified atom stereocenters. The molecule has 2 aromatic rings. The van der Waals surface area contributed by atoms with Crippen LogP contribution in [0, 0.1) is 0 Å². The Hall–Kier alpha value is -4.15. The van der Waals surface area contributed by atoms with E-state index in [1.165, 1.54) is 34.5 Å². The van der Waals surface area contributed by atoms with Crippen LogP contribution in [0.15, 0.2) is 18.2 Å². The standard InChI is InChI=1S/C23H22O11/c1-6-31-19-14(29-4)9-11-15-16(24)21(34-23(26)22(25)33-20(15)19)17(32-11)10-7-12(27-2)18(30-5)13(8-10)28-3/h7-9,17,21H,6H2,1-5H3. The van der Waals surface area contributed by atoms with Gasteiger partial charge in [-0.3, -0.25) is 4.79 Å². The fraction of sp³-hybridized carbons (Fsp3) is 0.348. The first kappa shape index (κ1) is 23.0. The molecule has 2 bridgehead atoms. The van der Waals surface area contributed by atoms with Gasteiger partial charge >= 0.3 is 11.9 Å². The number of methoxy groups -OCH3 is 4. The van der Waals surface area contributed by atoms with Crippen LogP contribution in [0.5, 0.6) is 40.2 Å². The number of ether oxygens (including phenoxy) is 8. The van der Waals surface area contributed by atoms with Gasteiger partial charge in [-0.05, 0) is 19.1 Å². The number of esters is 2. The molecule has 0 saturated carbocycles. The van der Waals surface area contributed by atoms with Crippen LogP contribution in [0.3, 0.4) is 0 Å². The van der Waals surface area contributed by atoms with Crippen molar-refractivity contribution >= 4 is 17.7 Å². The molecule has 0 aromatic heterocycles. The van der Waals surface area contributed by atoms with Gasteiger partial charge < -0.3 is 37.9 Å². The molecule has 0 aliphatic carbocycles. The van der Waals surface area contributed by atoms with Crippen molar-refractivity contribution in [3.05, 3.63) is 29.3 Å². The number of hydrogen-bond donors (Lipinski definition) is 0. The van der Waals surface area contributed by atoms with Crippen LogP contribution in [-0.2, 0) is 14.3 Å². The number of fused-ring (bicyclic) bond motifs is 1. The first-order chi connectivity index (χ1) is 16.4. The quantitative estimate of drug-likeness (QED) is 0.333. The normalized spacial score (nSPS) is 18.6. The lowest BCUT2D eigenvalue weighted by molar-refractivity contribution is -0.168. The van der Waals surface area contributed by atoms with E-state index in [1.807, 2.05) is 0 Å². The van der Waals surface area contributed by atoms with E-state index >= 15 is 0 Å². The van der Waals surface area contributed by atoms with Gasteiger partial charge in [-0.15, -0.1) is 0 Å². The van der Waals surface area contributed by atoms with Gasteiger partial charge in [0, 0.05) is 11.6 Å². The van der Waals surface area contributed by atoms with E-state index in [-0.39, 0.29) is 35.2 Å². The zero-order chi connectivity index (χ0) is 24.6. The second-order valence-electron chi connectivity index (χ2n) is 7.12. The van der Waals surface area contributed by atoms with Gasteiger partial charge in [0.1, 0.15) is 11.3 Å². The van der Waals surface area contributed by atoms with E-state index in [0.29, 0.717) is 22.8 Å². The number of carbonyl (C=O) groups is 3. The topological polar surface area (TPSA) is 125 Å². The molecule has 11 heteroatoms. The highest BCUT2D eigenvalue weighted by Gasteiger charge is 2.48. The average Bonchev–Trinajstić information content (AvgIpc) is 2.84. The van der Waals surface area contributed by atoms with E-state index in [9.17, 15) is 14.4 Å². The van der Waals surface area contributed by atoms with Crippen molar-refractivity contribution in [2.45, 2.75) is 19.1 Å². The number of ketones is 1. The predicted molar refractivity (Wildman–Crippen MR) is 113 cm³/mol. The number of carbonyl (C=O) groups excluding carboxylic acids is 3. The minimum atomic E-state index is -1.50. The maximum Gasteiger partial charge on any atom is 0.423 e. The second kappa shape index (κ2) is 9.00. The van der Waals surface area contributed by atoms with Crippen LogP contribution < -0.4 is 33.2 Å². The van der Waals surface area contributed by atoms with E-state index in [0.717, 1.165) is 0 Å². The Balaban J connectivity index is 1.95. The molecule has 2 aliphatic heterocycles.